The number of nitrogens with zero attached hydrogens (tertiary/aromatic N) is 5. The Kier molecular flexibility index (Phi) is 5.66. The third-order valence-electron chi connectivity index (χ3n) is 6.87. The number of aryl methyl sites for hydroxylation is 1. The normalized spacial score (nSPS) is 21.2. The zero-order valence-corrected chi connectivity index (χ0v) is 18.7. The summed E-state index contributed by atoms with van der Waals surface area (Å²) in [4.78, 5) is 21.9. The summed E-state index contributed by atoms with van der Waals surface area (Å²) in [5.41, 5.74) is 4.65. The number of hydrogen-bond donors (Lipinski definition) is 1. The molecule has 2 unspecified atom stereocenters. The van der Waals surface area contributed by atoms with Gasteiger partial charge in [0.05, 0.1) is 5.69 Å². The molecule has 0 spiro atoms. The Balaban J connectivity index is 1.23. The molecule has 0 saturated carbocycles. The number of hydrogen-bond acceptors (Lipinski definition) is 5. The molecule has 5 rings (SSSR count). The molecule has 7 nitrogen and oxygen atoms in total. The summed E-state index contributed by atoms with van der Waals surface area (Å²) >= 11 is 0. The van der Waals surface area contributed by atoms with Crippen molar-refractivity contribution in [3.8, 4) is 5.69 Å². The van der Waals surface area contributed by atoms with Gasteiger partial charge in [0.15, 0.2) is 0 Å². The molecule has 3 aromatic rings. The molecule has 0 aliphatic carbocycles. The maximum absolute atomic E-state index is 12.8. The molecule has 2 aliphatic rings. The molecule has 0 bridgehead atoms. The Bertz CT molecular complexity index is 1080. The summed E-state index contributed by atoms with van der Waals surface area (Å²) in [5.74, 6) is -0.116. The van der Waals surface area contributed by atoms with Gasteiger partial charge in [-0.2, -0.15) is 5.10 Å². The first-order valence-corrected chi connectivity index (χ1v) is 11.5. The molecule has 2 aliphatic heterocycles. The first-order chi connectivity index (χ1) is 15.6. The molecule has 0 radical (unpaired) electrons. The number of carbonyl (C=O) groups is 1. The average molecular weight is 431 g/mol. The fraction of sp³-hybridized carbons (Fsp3) is 0.400. The van der Waals surface area contributed by atoms with Crippen molar-refractivity contribution in [2.45, 2.75) is 45.2 Å². The van der Waals surface area contributed by atoms with E-state index in [1.54, 1.807) is 23.1 Å². The van der Waals surface area contributed by atoms with Crippen LogP contribution in [0.4, 0.5) is 11.4 Å². The van der Waals surface area contributed by atoms with E-state index in [9.17, 15) is 4.79 Å². The van der Waals surface area contributed by atoms with E-state index in [0.717, 1.165) is 30.0 Å². The van der Waals surface area contributed by atoms with Crippen LogP contribution in [0.1, 0.15) is 42.1 Å². The van der Waals surface area contributed by atoms with E-state index in [-0.39, 0.29) is 5.91 Å². The Hall–Kier alpha value is -3.19. The van der Waals surface area contributed by atoms with Crippen LogP contribution in [0.3, 0.4) is 0 Å². The Morgan fingerprint density at radius 3 is 2.56 bits per heavy atom. The molecule has 3 heterocycles. The van der Waals surface area contributed by atoms with Crippen molar-refractivity contribution in [2.24, 2.45) is 0 Å². The van der Waals surface area contributed by atoms with E-state index in [2.05, 4.69) is 51.2 Å². The lowest BCUT2D eigenvalue weighted by atomic mass is 10.1. The number of aromatic nitrogens is 3. The van der Waals surface area contributed by atoms with Gasteiger partial charge in [-0.15, -0.1) is 0 Å². The minimum absolute atomic E-state index is 0.116. The van der Waals surface area contributed by atoms with Gasteiger partial charge < -0.3 is 10.2 Å². The predicted octanol–water partition coefficient (Wildman–Crippen LogP) is 3.89. The van der Waals surface area contributed by atoms with E-state index in [1.807, 2.05) is 18.2 Å². The van der Waals surface area contributed by atoms with Crippen LogP contribution in [0.5, 0.6) is 0 Å². The highest BCUT2D eigenvalue weighted by molar-refractivity contribution is 6.04. The Morgan fingerprint density at radius 2 is 1.88 bits per heavy atom. The van der Waals surface area contributed by atoms with E-state index in [0.29, 0.717) is 17.6 Å². The Morgan fingerprint density at radius 1 is 1.06 bits per heavy atom. The van der Waals surface area contributed by atoms with Crippen LogP contribution in [-0.4, -0.2) is 57.3 Å². The number of nitrogens with one attached hydrogen (secondary N) is 1. The summed E-state index contributed by atoms with van der Waals surface area (Å²) < 4.78 is 1.66. The Labute approximate surface area is 189 Å². The van der Waals surface area contributed by atoms with E-state index in [1.165, 1.54) is 37.8 Å². The molecule has 2 fully saturated rings. The third-order valence-corrected chi connectivity index (χ3v) is 6.87. The highest BCUT2D eigenvalue weighted by Crippen LogP contribution is 2.30. The van der Waals surface area contributed by atoms with Crippen LogP contribution >= 0.6 is 0 Å². The van der Waals surface area contributed by atoms with Gasteiger partial charge in [0.1, 0.15) is 12.7 Å². The third kappa shape index (κ3) is 4.12. The molecule has 2 atom stereocenters. The minimum atomic E-state index is -0.116. The molecule has 7 heteroatoms. The monoisotopic (exact) mass is 430 g/mol. The second-order valence-electron chi connectivity index (χ2n) is 8.96. The van der Waals surface area contributed by atoms with Crippen molar-refractivity contribution in [1.29, 1.82) is 0 Å². The van der Waals surface area contributed by atoms with Gasteiger partial charge in [-0.3, -0.25) is 9.69 Å². The minimum Gasteiger partial charge on any atom is -0.370 e. The SMILES string of the molecule is Cc1cc(N2CCC(N3CCCC3C)C2)ccc1NC(=O)c1ccc(-n2cncn2)cc1. The molecule has 2 aromatic carbocycles. The van der Waals surface area contributed by atoms with Gasteiger partial charge >= 0.3 is 0 Å². The van der Waals surface area contributed by atoms with Crippen molar-refractivity contribution in [1.82, 2.24) is 19.7 Å². The highest BCUT2D eigenvalue weighted by atomic mass is 16.1. The average Bonchev–Trinajstić information content (AvgIpc) is 3.57. The van der Waals surface area contributed by atoms with Crippen LogP contribution in [0.25, 0.3) is 5.69 Å². The number of anilines is 2. The fourth-order valence-electron chi connectivity index (χ4n) is 5.03. The molecule has 166 valence electrons. The van der Waals surface area contributed by atoms with Crippen molar-refractivity contribution in [3.63, 3.8) is 0 Å². The molecule has 2 saturated heterocycles. The summed E-state index contributed by atoms with van der Waals surface area (Å²) in [6.45, 7) is 7.84. The van der Waals surface area contributed by atoms with Crippen molar-refractivity contribution in [3.05, 3.63) is 66.2 Å². The maximum atomic E-state index is 12.8. The first kappa shape index (κ1) is 20.7. The molecule has 1 aromatic heterocycles. The lowest BCUT2D eigenvalue weighted by Crippen LogP contribution is -2.39. The standard InChI is InChI=1S/C25H30N6O/c1-18-14-22(29-13-11-23(15-29)30-12-3-4-19(30)2)9-10-24(18)28-25(32)20-5-7-21(8-6-20)31-17-26-16-27-31/h5-10,14,16-17,19,23H,3-4,11-13,15H2,1-2H3,(H,28,32). The van der Waals surface area contributed by atoms with Crippen LogP contribution in [0.15, 0.2) is 55.1 Å². The fourth-order valence-corrected chi connectivity index (χ4v) is 5.03. The van der Waals surface area contributed by atoms with Crippen LogP contribution in [0, 0.1) is 6.92 Å². The van der Waals surface area contributed by atoms with E-state index in [4.69, 9.17) is 0 Å². The summed E-state index contributed by atoms with van der Waals surface area (Å²) in [7, 11) is 0. The second kappa shape index (κ2) is 8.74. The molecule has 1 amide bonds. The number of carbonyl (C=O) groups excluding carboxylic acids is 1. The van der Waals surface area contributed by atoms with Gasteiger partial charge in [0.2, 0.25) is 0 Å². The zero-order valence-electron chi connectivity index (χ0n) is 18.7. The largest absolute Gasteiger partial charge is 0.370 e. The van der Waals surface area contributed by atoms with Crippen molar-refractivity contribution < 1.29 is 4.79 Å². The number of likely N-dealkylation sites (tertiary alicyclic amines) is 1. The van der Waals surface area contributed by atoms with Gasteiger partial charge in [-0.25, -0.2) is 9.67 Å². The highest BCUT2D eigenvalue weighted by Gasteiger charge is 2.33. The summed E-state index contributed by atoms with van der Waals surface area (Å²) in [6.07, 6.45) is 7.00. The molecular formula is C25H30N6O. The molecule has 1 N–H and O–H groups in total. The van der Waals surface area contributed by atoms with Crippen LogP contribution in [0.2, 0.25) is 0 Å². The summed E-state index contributed by atoms with van der Waals surface area (Å²) in [6, 6.07) is 15.1. The predicted molar refractivity (Wildman–Crippen MR) is 127 cm³/mol. The van der Waals surface area contributed by atoms with Crippen molar-refractivity contribution in [2.75, 3.05) is 29.9 Å². The van der Waals surface area contributed by atoms with Gasteiger partial charge in [0, 0.05) is 42.1 Å². The van der Waals surface area contributed by atoms with Crippen LogP contribution in [-0.2, 0) is 0 Å². The smallest absolute Gasteiger partial charge is 0.255 e. The topological polar surface area (TPSA) is 66.3 Å². The van der Waals surface area contributed by atoms with E-state index < -0.39 is 0 Å². The van der Waals surface area contributed by atoms with E-state index >= 15 is 0 Å². The molecular weight excluding hydrogens is 400 g/mol. The number of amides is 1. The van der Waals surface area contributed by atoms with Crippen molar-refractivity contribution >= 4 is 17.3 Å². The van der Waals surface area contributed by atoms with Crippen LogP contribution < -0.4 is 10.2 Å². The second-order valence-corrected chi connectivity index (χ2v) is 8.96. The first-order valence-electron chi connectivity index (χ1n) is 11.5. The zero-order chi connectivity index (χ0) is 22.1. The quantitative estimate of drug-likeness (QED) is 0.665. The maximum Gasteiger partial charge on any atom is 0.255 e. The van der Waals surface area contributed by atoms with Gasteiger partial charge in [-0.1, -0.05) is 0 Å². The number of benzene rings is 2. The molecule has 32 heavy (non-hydrogen) atoms. The van der Waals surface area contributed by atoms with Gasteiger partial charge in [-0.05, 0) is 87.7 Å². The summed E-state index contributed by atoms with van der Waals surface area (Å²) in [5, 5.41) is 7.17. The number of rotatable bonds is 5. The lowest BCUT2D eigenvalue weighted by molar-refractivity contribution is 0.102. The van der Waals surface area contributed by atoms with Gasteiger partial charge in [0.25, 0.3) is 5.91 Å². The lowest BCUT2D eigenvalue weighted by Gasteiger charge is -2.28.